The van der Waals surface area contributed by atoms with Crippen molar-refractivity contribution in [3.63, 3.8) is 0 Å². The van der Waals surface area contributed by atoms with Gasteiger partial charge in [-0.2, -0.15) is 0 Å². The van der Waals surface area contributed by atoms with Gasteiger partial charge >= 0.3 is 5.97 Å². The van der Waals surface area contributed by atoms with Gasteiger partial charge in [0, 0.05) is 11.6 Å². The summed E-state index contributed by atoms with van der Waals surface area (Å²) in [6.45, 7) is -0.838. The monoisotopic (exact) mass is 574 g/mol. The van der Waals surface area contributed by atoms with Gasteiger partial charge in [0.1, 0.15) is 53.0 Å². The molecule has 14 nitrogen and oxygen atoms in total. The second kappa shape index (κ2) is 11.4. The number of esters is 1. The molecule has 14 heteroatoms. The van der Waals surface area contributed by atoms with Gasteiger partial charge in [-0.1, -0.05) is 0 Å². The van der Waals surface area contributed by atoms with E-state index in [1.807, 2.05) is 0 Å². The number of hydrogen-bond donors (Lipinski definition) is 9. The molecule has 9 N–H and O–H groups in total. The van der Waals surface area contributed by atoms with Crippen molar-refractivity contribution in [1.82, 2.24) is 0 Å². The van der Waals surface area contributed by atoms with E-state index in [-0.39, 0.29) is 17.1 Å². The average molecular weight is 574 g/mol. The highest BCUT2D eigenvalue weighted by Crippen LogP contribution is 2.48. The fourth-order valence-corrected chi connectivity index (χ4v) is 4.44. The third kappa shape index (κ3) is 5.36. The molecular weight excluding hydrogens is 548 g/mol. The molecule has 41 heavy (non-hydrogen) atoms. The van der Waals surface area contributed by atoms with Gasteiger partial charge in [-0.25, -0.2) is 4.79 Å². The van der Waals surface area contributed by atoms with Crippen LogP contribution in [0.15, 0.2) is 42.5 Å². The van der Waals surface area contributed by atoms with E-state index >= 15 is 0 Å². The van der Waals surface area contributed by atoms with Crippen molar-refractivity contribution in [1.29, 1.82) is 0 Å². The minimum absolute atomic E-state index is 0.0484. The van der Waals surface area contributed by atoms with Gasteiger partial charge in [-0.3, -0.25) is 4.79 Å². The number of aromatic hydroxyl groups is 6. The summed E-state index contributed by atoms with van der Waals surface area (Å²) in [6.07, 6.45) is -8.89. The minimum Gasteiger partial charge on any atom is -0.508 e. The zero-order chi connectivity index (χ0) is 30.2. The van der Waals surface area contributed by atoms with E-state index in [9.17, 15) is 55.5 Å². The van der Waals surface area contributed by atoms with Gasteiger partial charge in [-0.15, -0.1) is 0 Å². The first-order valence-corrected chi connectivity index (χ1v) is 11.9. The smallest absolute Gasteiger partial charge is 0.338 e. The number of ketones is 1. The quantitative estimate of drug-likeness (QED) is 0.106. The van der Waals surface area contributed by atoms with Crippen molar-refractivity contribution in [2.75, 3.05) is 13.7 Å². The van der Waals surface area contributed by atoms with Crippen molar-refractivity contribution in [2.24, 2.45) is 0 Å². The van der Waals surface area contributed by atoms with Crippen LogP contribution in [0.5, 0.6) is 40.2 Å². The molecule has 218 valence electrons. The van der Waals surface area contributed by atoms with Crippen molar-refractivity contribution >= 4 is 11.8 Å². The van der Waals surface area contributed by atoms with Crippen molar-refractivity contribution in [3.8, 4) is 40.2 Å². The molecular formula is C27H26O14. The number of phenolic OH excluding ortho intramolecular Hbond substituents is 6. The second-order valence-corrected chi connectivity index (χ2v) is 9.10. The maximum Gasteiger partial charge on any atom is 0.338 e. The van der Waals surface area contributed by atoms with Crippen LogP contribution in [0.25, 0.3) is 0 Å². The lowest BCUT2D eigenvalue weighted by Gasteiger charge is -2.42. The topological polar surface area (TPSA) is 244 Å². The Balaban J connectivity index is 1.84. The Morgan fingerprint density at radius 1 is 0.829 bits per heavy atom. The number of phenols is 6. The normalized spacial score (nSPS) is 22.2. The molecule has 1 aliphatic rings. The summed E-state index contributed by atoms with van der Waals surface area (Å²) in [5.74, 6) is -6.92. The standard InChI is InChI=1S/C27H26O14/c1-39-16-8-13(30)18(20(33)10-2-4-12(29)5-3-10)23(36)19(16)25-26(24(37)22(35)17(9-28)40-25)41-27(38)11-6-14(31)21(34)15(32)7-11/h2-8,17,22,24-26,28-32,34-37H,9H2,1H3. The maximum atomic E-state index is 13.2. The van der Waals surface area contributed by atoms with Crippen LogP contribution in [-0.2, 0) is 9.47 Å². The van der Waals surface area contributed by atoms with E-state index in [2.05, 4.69) is 0 Å². The van der Waals surface area contributed by atoms with Crippen LogP contribution < -0.4 is 4.74 Å². The maximum absolute atomic E-state index is 13.2. The Hall–Kier alpha value is -4.76. The molecule has 0 amide bonds. The zero-order valence-corrected chi connectivity index (χ0v) is 21.2. The summed E-state index contributed by atoms with van der Waals surface area (Å²) >= 11 is 0. The molecule has 5 unspecified atom stereocenters. The predicted molar refractivity (Wildman–Crippen MR) is 135 cm³/mol. The first kappa shape index (κ1) is 29.2. The first-order chi connectivity index (χ1) is 19.4. The van der Waals surface area contributed by atoms with E-state index in [4.69, 9.17) is 14.2 Å². The highest BCUT2D eigenvalue weighted by molar-refractivity contribution is 6.13. The molecule has 1 fully saturated rings. The number of methoxy groups -OCH3 is 1. The number of rotatable bonds is 7. The summed E-state index contributed by atoms with van der Waals surface area (Å²) in [5, 5.41) is 91.6. The first-order valence-electron chi connectivity index (χ1n) is 11.9. The number of aliphatic hydroxyl groups is 3. The van der Waals surface area contributed by atoms with Crippen LogP contribution in [0.1, 0.15) is 37.9 Å². The molecule has 1 heterocycles. The van der Waals surface area contributed by atoms with Crippen LogP contribution in [0, 0.1) is 0 Å². The lowest BCUT2D eigenvalue weighted by Crippen LogP contribution is -2.56. The Morgan fingerprint density at radius 2 is 1.44 bits per heavy atom. The number of carbonyl (C=O) groups is 2. The minimum atomic E-state index is -1.97. The summed E-state index contributed by atoms with van der Waals surface area (Å²) in [7, 11) is 1.14. The average Bonchev–Trinajstić information content (AvgIpc) is 2.94. The van der Waals surface area contributed by atoms with Crippen LogP contribution >= 0.6 is 0 Å². The van der Waals surface area contributed by atoms with Crippen molar-refractivity contribution in [3.05, 3.63) is 64.7 Å². The molecule has 0 saturated carbocycles. The Labute approximate surface area is 231 Å². The number of carbonyl (C=O) groups excluding carboxylic acids is 2. The highest BCUT2D eigenvalue weighted by Gasteiger charge is 2.49. The van der Waals surface area contributed by atoms with Crippen LogP contribution in [-0.4, -0.2) is 95.8 Å². The number of aliphatic hydroxyl groups excluding tert-OH is 3. The number of hydrogen-bond acceptors (Lipinski definition) is 14. The van der Waals surface area contributed by atoms with Gasteiger partial charge < -0.3 is 60.2 Å². The molecule has 0 spiro atoms. The molecule has 3 aromatic rings. The third-order valence-corrected chi connectivity index (χ3v) is 6.56. The molecule has 1 saturated heterocycles. The van der Waals surface area contributed by atoms with E-state index in [1.54, 1.807) is 0 Å². The van der Waals surface area contributed by atoms with E-state index in [0.717, 1.165) is 25.3 Å². The predicted octanol–water partition coefficient (Wildman–Crippen LogP) is 0.539. The number of ether oxygens (including phenoxy) is 3. The van der Waals surface area contributed by atoms with E-state index in [1.165, 1.54) is 24.3 Å². The fourth-order valence-electron chi connectivity index (χ4n) is 4.44. The molecule has 0 radical (unpaired) electrons. The van der Waals surface area contributed by atoms with Crippen molar-refractivity contribution in [2.45, 2.75) is 30.5 Å². The fraction of sp³-hybridized carbons (Fsp3) is 0.259. The van der Waals surface area contributed by atoms with Crippen molar-refractivity contribution < 1.29 is 69.8 Å². The van der Waals surface area contributed by atoms with Crippen LogP contribution in [0.3, 0.4) is 0 Å². The number of benzene rings is 3. The molecule has 4 rings (SSSR count). The van der Waals surface area contributed by atoms with Crippen LogP contribution in [0.2, 0.25) is 0 Å². The van der Waals surface area contributed by atoms with Gasteiger partial charge in [0.25, 0.3) is 0 Å². The molecule has 3 aromatic carbocycles. The molecule has 0 aromatic heterocycles. The summed E-state index contributed by atoms with van der Waals surface area (Å²) in [5.41, 5.74) is -1.60. The van der Waals surface area contributed by atoms with E-state index < -0.39 is 94.3 Å². The molecule has 0 bridgehead atoms. The summed E-state index contributed by atoms with van der Waals surface area (Å²) < 4.78 is 16.3. The Morgan fingerprint density at radius 3 is 2.00 bits per heavy atom. The summed E-state index contributed by atoms with van der Waals surface area (Å²) in [4.78, 5) is 26.2. The largest absolute Gasteiger partial charge is 0.508 e. The van der Waals surface area contributed by atoms with Gasteiger partial charge in [0.2, 0.25) is 5.78 Å². The van der Waals surface area contributed by atoms with Gasteiger partial charge in [0.15, 0.2) is 23.4 Å². The second-order valence-electron chi connectivity index (χ2n) is 9.10. The third-order valence-electron chi connectivity index (χ3n) is 6.56. The SMILES string of the molecule is COc1cc(O)c(C(=O)c2ccc(O)cc2)c(O)c1C1OC(CO)C(O)C(O)C1OC(=O)c1cc(O)c(O)c(O)c1. The molecule has 1 aliphatic heterocycles. The van der Waals surface area contributed by atoms with Crippen LogP contribution in [0.4, 0.5) is 0 Å². The van der Waals surface area contributed by atoms with Gasteiger partial charge in [-0.05, 0) is 36.4 Å². The molecule has 5 atom stereocenters. The Bertz CT molecular complexity index is 1440. The lowest BCUT2D eigenvalue weighted by molar-refractivity contribution is -0.232. The highest BCUT2D eigenvalue weighted by atomic mass is 16.6. The van der Waals surface area contributed by atoms with E-state index in [0.29, 0.717) is 0 Å². The molecule has 0 aliphatic carbocycles. The zero-order valence-electron chi connectivity index (χ0n) is 21.2. The lowest BCUT2D eigenvalue weighted by atomic mass is 9.88. The summed E-state index contributed by atoms with van der Waals surface area (Å²) in [6, 6.07) is 7.32. The Kier molecular flexibility index (Phi) is 8.12. The van der Waals surface area contributed by atoms with Gasteiger partial charge in [0.05, 0.1) is 24.8 Å².